The third-order valence-electron chi connectivity index (χ3n) is 1.98. The molecule has 0 amide bonds. The first-order valence-electron chi connectivity index (χ1n) is 4.73. The number of hydrogen-bond donors (Lipinski definition) is 2. The molecular formula is C10H10N4NaO2S. The molecule has 0 bridgehead atoms. The number of rotatable bonds is 3. The molecule has 0 unspecified atom stereocenters. The van der Waals surface area contributed by atoms with Crippen LogP contribution in [0.5, 0.6) is 0 Å². The number of nitrogen functional groups attached to an aromatic ring is 1. The molecule has 3 N–H and O–H groups in total. The number of nitrogens with one attached hydrogen (secondary N) is 1. The first-order chi connectivity index (χ1) is 8.08. The van der Waals surface area contributed by atoms with E-state index in [0.717, 1.165) is 0 Å². The van der Waals surface area contributed by atoms with Crippen LogP contribution in [0.4, 0.5) is 11.6 Å². The molecule has 1 heterocycles. The van der Waals surface area contributed by atoms with Crippen molar-refractivity contribution in [3.63, 3.8) is 0 Å². The summed E-state index contributed by atoms with van der Waals surface area (Å²) in [6, 6.07) is 7.46. The van der Waals surface area contributed by atoms with E-state index in [9.17, 15) is 8.42 Å². The fourth-order valence-electron chi connectivity index (χ4n) is 1.18. The first kappa shape index (κ1) is 14.9. The number of nitrogens with two attached hydrogens (primary N) is 1. The van der Waals surface area contributed by atoms with Gasteiger partial charge in [-0.2, -0.15) is 0 Å². The Labute approximate surface area is 127 Å². The molecule has 0 spiro atoms. The molecule has 6 nitrogen and oxygen atoms in total. The van der Waals surface area contributed by atoms with E-state index in [1.807, 2.05) is 0 Å². The van der Waals surface area contributed by atoms with E-state index in [1.54, 1.807) is 6.07 Å². The van der Waals surface area contributed by atoms with Gasteiger partial charge in [-0.1, -0.05) is 0 Å². The van der Waals surface area contributed by atoms with Crippen molar-refractivity contribution in [2.24, 2.45) is 0 Å². The van der Waals surface area contributed by atoms with Crippen LogP contribution in [0.25, 0.3) is 0 Å². The second-order valence-electron chi connectivity index (χ2n) is 3.25. The normalized spacial score (nSPS) is 10.4. The summed E-state index contributed by atoms with van der Waals surface area (Å²) in [6.45, 7) is 0. The van der Waals surface area contributed by atoms with Crippen molar-refractivity contribution in [1.82, 2.24) is 9.97 Å². The van der Waals surface area contributed by atoms with Crippen LogP contribution in [-0.2, 0) is 10.0 Å². The Balaban J connectivity index is 0.00000162. The summed E-state index contributed by atoms with van der Waals surface area (Å²) >= 11 is 0. The van der Waals surface area contributed by atoms with Gasteiger partial charge < -0.3 is 5.73 Å². The second kappa shape index (κ2) is 6.14. The summed E-state index contributed by atoms with van der Waals surface area (Å²) in [4.78, 5) is 7.67. The van der Waals surface area contributed by atoms with Crippen molar-refractivity contribution in [3.8, 4) is 0 Å². The van der Waals surface area contributed by atoms with Crippen LogP contribution in [0.3, 0.4) is 0 Å². The van der Waals surface area contributed by atoms with Crippen molar-refractivity contribution in [2.75, 3.05) is 10.5 Å². The van der Waals surface area contributed by atoms with Gasteiger partial charge in [0, 0.05) is 47.6 Å². The largest absolute Gasteiger partial charge is 0.399 e. The Morgan fingerprint density at radius 2 is 1.61 bits per heavy atom. The summed E-state index contributed by atoms with van der Waals surface area (Å²) in [7, 11) is -3.66. The van der Waals surface area contributed by atoms with E-state index >= 15 is 0 Å². The predicted molar refractivity (Wildman–Crippen MR) is 69.4 cm³/mol. The monoisotopic (exact) mass is 273 g/mol. The molecule has 89 valence electrons. The maximum absolute atomic E-state index is 11.9. The van der Waals surface area contributed by atoms with Gasteiger partial charge in [-0.25, -0.2) is 23.1 Å². The van der Waals surface area contributed by atoms with Crippen LogP contribution >= 0.6 is 0 Å². The quantitative estimate of drug-likeness (QED) is 0.626. The first-order valence-corrected chi connectivity index (χ1v) is 6.22. The number of sulfonamides is 1. The Hall–Kier alpha value is -1.15. The van der Waals surface area contributed by atoms with Gasteiger partial charge in [-0.05, 0) is 30.3 Å². The summed E-state index contributed by atoms with van der Waals surface area (Å²) in [5, 5.41) is 0. The number of nitrogens with zero attached hydrogens (tertiary/aromatic N) is 2. The average Bonchev–Trinajstić information content (AvgIpc) is 2.30. The third kappa shape index (κ3) is 3.67. The topological polar surface area (TPSA) is 98.0 Å². The van der Waals surface area contributed by atoms with Gasteiger partial charge in [0.2, 0.25) is 5.95 Å². The standard InChI is InChI=1S/C10H10N4O2S.Na/c11-8-2-4-9(5-3-8)17(15,16)14-10-12-6-1-7-13-10;/h1-7H,11H2,(H,12,13,14);. The van der Waals surface area contributed by atoms with Gasteiger partial charge in [0.15, 0.2) is 0 Å². The zero-order valence-corrected chi connectivity index (χ0v) is 12.6. The minimum absolute atomic E-state index is 0. The van der Waals surface area contributed by atoms with Crippen LogP contribution in [0, 0.1) is 0 Å². The van der Waals surface area contributed by atoms with Crippen LogP contribution < -0.4 is 10.5 Å². The number of benzene rings is 1. The Bertz CT molecular complexity index is 602. The molecular weight excluding hydrogens is 263 g/mol. The van der Waals surface area contributed by atoms with E-state index in [2.05, 4.69) is 14.7 Å². The van der Waals surface area contributed by atoms with E-state index < -0.39 is 10.0 Å². The van der Waals surface area contributed by atoms with Gasteiger partial charge >= 0.3 is 0 Å². The second-order valence-corrected chi connectivity index (χ2v) is 4.93. The zero-order valence-electron chi connectivity index (χ0n) is 9.74. The summed E-state index contributed by atoms with van der Waals surface area (Å²) in [6.07, 6.45) is 2.90. The summed E-state index contributed by atoms with van der Waals surface area (Å²) < 4.78 is 26.0. The van der Waals surface area contributed by atoms with Gasteiger partial charge in [-0.3, -0.25) is 0 Å². The Kier molecular flexibility index (Phi) is 5.09. The zero-order chi connectivity index (χ0) is 12.3. The molecule has 0 fully saturated rings. The molecule has 1 aromatic heterocycles. The van der Waals surface area contributed by atoms with Crippen molar-refractivity contribution in [1.29, 1.82) is 0 Å². The summed E-state index contributed by atoms with van der Waals surface area (Å²) in [5.41, 5.74) is 5.98. The third-order valence-corrected chi connectivity index (χ3v) is 3.33. The van der Waals surface area contributed by atoms with Gasteiger partial charge in [-0.15, -0.1) is 0 Å². The molecule has 0 aliphatic rings. The van der Waals surface area contributed by atoms with Crippen LogP contribution in [0.2, 0.25) is 0 Å². The van der Waals surface area contributed by atoms with Crippen molar-refractivity contribution in [2.45, 2.75) is 4.90 Å². The molecule has 0 saturated heterocycles. The molecule has 2 rings (SSSR count). The van der Waals surface area contributed by atoms with Crippen molar-refractivity contribution in [3.05, 3.63) is 42.7 Å². The average molecular weight is 273 g/mol. The van der Waals surface area contributed by atoms with Crippen LogP contribution in [-0.4, -0.2) is 47.9 Å². The smallest absolute Gasteiger partial charge is 0.264 e. The molecule has 0 atom stereocenters. The summed E-state index contributed by atoms with van der Waals surface area (Å²) in [5.74, 6) is 0.0318. The fraction of sp³-hybridized carbons (Fsp3) is 0. The van der Waals surface area contributed by atoms with Gasteiger partial charge in [0.25, 0.3) is 10.0 Å². The molecule has 8 heteroatoms. The molecule has 1 aromatic carbocycles. The van der Waals surface area contributed by atoms with Gasteiger partial charge in [0.1, 0.15) is 0 Å². The number of hydrogen-bond acceptors (Lipinski definition) is 5. The molecule has 1 radical (unpaired) electrons. The van der Waals surface area contributed by atoms with Crippen LogP contribution in [0.1, 0.15) is 0 Å². The van der Waals surface area contributed by atoms with Crippen molar-refractivity contribution < 1.29 is 8.42 Å². The number of aromatic nitrogens is 2. The van der Waals surface area contributed by atoms with Crippen LogP contribution in [0.15, 0.2) is 47.6 Å². The minimum atomic E-state index is -3.66. The molecule has 18 heavy (non-hydrogen) atoms. The van der Waals surface area contributed by atoms with Crippen molar-refractivity contribution >= 4 is 51.2 Å². The maximum Gasteiger partial charge on any atom is 0.264 e. The minimum Gasteiger partial charge on any atom is -0.399 e. The van der Waals surface area contributed by atoms with E-state index in [1.165, 1.54) is 36.7 Å². The Morgan fingerprint density at radius 3 is 2.17 bits per heavy atom. The molecule has 0 saturated carbocycles. The van der Waals surface area contributed by atoms with E-state index in [0.29, 0.717) is 5.69 Å². The van der Waals surface area contributed by atoms with Gasteiger partial charge in [0.05, 0.1) is 4.90 Å². The van der Waals surface area contributed by atoms with E-state index in [-0.39, 0.29) is 40.4 Å². The SMILES string of the molecule is Nc1ccc(S(=O)(=O)Nc2ncccn2)cc1.[Na]. The predicted octanol–water partition coefficient (Wildman–Crippen LogP) is 0.479. The molecule has 0 aliphatic carbocycles. The molecule has 0 aliphatic heterocycles. The Morgan fingerprint density at radius 1 is 1.06 bits per heavy atom. The fourth-order valence-corrected chi connectivity index (χ4v) is 2.14. The van der Waals surface area contributed by atoms with E-state index in [4.69, 9.17) is 5.73 Å². The molecule has 2 aromatic rings. The number of anilines is 2. The maximum atomic E-state index is 11.9.